The van der Waals surface area contributed by atoms with E-state index < -0.39 is 0 Å². The minimum absolute atomic E-state index is 0.123. The van der Waals surface area contributed by atoms with Crippen molar-refractivity contribution < 1.29 is 18.7 Å². The van der Waals surface area contributed by atoms with Crippen molar-refractivity contribution in [2.24, 2.45) is 12.5 Å². The zero-order valence-corrected chi connectivity index (χ0v) is 25.2. The standard InChI is InChI=1S/C36H45FN2O3/c1-3-4-5-6-10-34(40)36(19-7-8-20-36)21-9-24-41-30-16-18-32-28(25-30)26-31(35-38-22-23-39(35)2)33(42-32)17-13-27-11-14-29(37)15-12-27/h11-12,14-16,18,22-23,25-26,33H,3-10,13,17,19-21,24H2,1-2H3. The maximum Gasteiger partial charge on any atom is 0.139 e. The molecular weight excluding hydrogens is 527 g/mol. The number of carbonyl (C=O) groups is 1. The molecule has 2 heterocycles. The fourth-order valence-electron chi connectivity index (χ4n) is 6.63. The van der Waals surface area contributed by atoms with Crippen LogP contribution in [0.4, 0.5) is 4.39 Å². The van der Waals surface area contributed by atoms with Gasteiger partial charge in [0.2, 0.25) is 0 Å². The molecule has 3 aromatic rings. The summed E-state index contributed by atoms with van der Waals surface area (Å²) in [4.78, 5) is 17.8. The molecule has 2 aliphatic rings. The lowest BCUT2D eigenvalue weighted by atomic mass is 9.76. The van der Waals surface area contributed by atoms with Crippen LogP contribution in [0.1, 0.15) is 101 Å². The Labute approximate surface area is 250 Å². The number of aryl methyl sites for hydroxylation is 2. The molecule has 0 saturated heterocycles. The SMILES string of the molecule is CCCCCCC(=O)C1(CCCOc2ccc3c(c2)C=C(c2nccn2C)C(CCc2ccc(F)cc2)O3)CCCC1. The third-order valence-electron chi connectivity index (χ3n) is 9.07. The van der Waals surface area contributed by atoms with Crippen molar-refractivity contribution in [2.75, 3.05) is 6.61 Å². The number of imidazole rings is 1. The molecule has 0 N–H and O–H groups in total. The first-order valence-corrected chi connectivity index (χ1v) is 15.9. The lowest BCUT2D eigenvalue weighted by Crippen LogP contribution is -2.28. The van der Waals surface area contributed by atoms with Crippen molar-refractivity contribution in [1.82, 2.24) is 9.55 Å². The topological polar surface area (TPSA) is 53.3 Å². The quantitative estimate of drug-likeness (QED) is 0.171. The predicted octanol–water partition coefficient (Wildman–Crippen LogP) is 8.75. The number of nitrogens with zero attached hydrogens (tertiary/aromatic N) is 2. The van der Waals surface area contributed by atoms with Gasteiger partial charge in [0, 0.05) is 42.4 Å². The molecule has 1 aliphatic carbocycles. The van der Waals surface area contributed by atoms with Gasteiger partial charge in [0.25, 0.3) is 0 Å². The molecule has 5 rings (SSSR count). The van der Waals surface area contributed by atoms with Gasteiger partial charge in [0.1, 0.15) is 35.0 Å². The highest BCUT2D eigenvalue weighted by molar-refractivity contribution is 5.86. The molecule has 224 valence electrons. The molecule has 1 atom stereocenters. The van der Waals surface area contributed by atoms with Gasteiger partial charge < -0.3 is 14.0 Å². The fraction of sp³-hybridized carbons (Fsp3) is 0.500. The second-order valence-corrected chi connectivity index (χ2v) is 12.1. The number of unbranched alkanes of at least 4 members (excludes halogenated alkanes) is 3. The van der Waals surface area contributed by atoms with E-state index in [0.717, 1.165) is 91.8 Å². The van der Waals surface area contributed by atoms with Crippen LogP contribution in [-0.4, -0.2) is 28.0 Å². The van der Waals surface area contributed by atoms with Crippen LogP contribution in [0, 0.1) is 11.2 Å². The van der Waals surface area contributed by atoms with Crippen molar-refractivity contribution in [1.29, 1.82) is 0 Å². The number of hydrogen-bond donors (Lipinski definition) is 0. The van der Waals surface area contributed by atoms with Crippen LogP contribution in [-0.2, 0) is 18.3 Å². The molecule has 6 heteroatoms. The maximum absolute atomic E-state index is 13.4. The van der Waals surface area contributed by atoms with Gasteiger partial charge in [-0.15, -0.1) is 0 Å². The highest BCUT2D eigenvalue weighted by atomic mass is 19.1. The summed E-state index contributed by atoms with van der Waals surface area (Å²) in [6.45, 7) is 2.81. The molecule has 0 spiro atoms. The number of Topliss-reactive ketones (excluding diaryl/α,β-unsaturated/α-hetero) is 1. The second-order valence-electron chi connectivity index (χ2n) is 12.1. The summed E-state index contributed by atoms with van der Waals surface area (Å²) in [6.07, 6.45) is 18.8. The zero-order valence-electron chi connectivity index (χ0n) is 25.2. The smallest absolute Gasteiger partial charge is 0.139 e. The van der Waals surface area contributed by atoms with Gasteiger partial charge in [-0.25, -0.2) is 9.37 Å². The van der Waals surface area contributed by atoms with E-state index in [-0.39, 0.29) is 17.3 Å². The Morgan fingerprint density at radius 2 is 1.90 bits per heavy atom. The van der Waals surface area contributed by atoms with Crippen molar-refractivity contribution >= 4 is 17.4 Å². The number of aromatic nitrogens is 2. The minimum atomic E-state index is -0.224. The number of ether oxygens (including phenoxy) is 2. The van der Waals surface area contributed by atoms with Gasteiger partial charge >= 0.3 is 0 Å². The molecule has 0 bridgehead atoms. The van der Waals surface area contributed by atoms with E-state index in [0.29, 0.717) is 12.4 Å². The molecule has 1 aliphatic heterocycles. The Balaban J connectivity index is 1.22. The average molecular weight is 573 g/mol. The maximum atomic E-state index is 13.4. The van der Waals surface area contributed by atoms with E-state index in [1.807, 2.05) is 48.1 Å². The molecule has 2 aromatic carbocycles. The van der Waals surface area contributed by atoms with Crippen LogP contribution >= 0.6 is 0 Å². The lowest BCUT2D eigenvalue weighted by Gasteiger charge is -2.28. The van der Waals surface area contributed by atoms with Gasteiger partial charge in [0.05, 0.1) is 6.61 Å². The Morgan fingerprint density at radius 3 is 2.64 bits per heavy atom. The lowest BCUT2D eigenvalue weighted by molar-refractivity contribution is -0.129. The van der Waals surface area contributed by atoms with Crippen molar-refractivity contribution in [3.63, 3.8) is 0 Å². The summed E-state index contributed by atoms with van der Waals surface area (Å²) < 4.78 is 28.1. The Morgan fingerprint density at radius 1 is 1.10 bits per heavy atom. The van der Waals surface area contributed by atoms with E-state index in [1.165, 1.54) is 37.8 Å². The molecule has 0 radical (unpaired) electrons. The van der Waals surface area contributed by atoms with Crippen molar-refractivity contribution in [3.05, 3.63) is 77.6 Å². The Bertz CT molecular complexity index is 1350. The Kier molecular flexibility index (Phi) is 10.1. The molecule has 1 fully saturated rings. The number of hydrogen-bond acceptors (Lipinski definition) is 4. The summed E-state index contributed by atoms with van der Waals surface area (Å²) in [7, 11) is 1.99. The highest BCUT2D eigenvalue weighted by Gasteiger charge is 2.39. The zero-order chi connectivity index (χ0) is 29.4. The normalized spacial score (nSPS) is 17.4. The number of carbonyl (C=O) groups excluding carboxylic acids is 1. The molecule has 1 aromatic heterocycles. The summed E-state index contributed by atoms with van der Waals surface area (Å²) in [5, 5.41) is 0. The number of fused-ring (bicyclic) bond motifs is 1. The molecule has 0 amide bonds. The van der Waals surface area contributed by atoms with Gasteiger partial charge in [-0.2, -0.15) is 0 Å². The van der Waals surface area contributed by atoms with Crippen LogP contribution in [0.15, 0.2) is 54.9 Å². The van der Waals surface area contributed by atoms with Crippen LogP contribution in [0.3, 0.4) is 0 Å². The van der Waals surface area contributed by atoms with Gasteiger partial charge in [-0.05, 0) is 86.9 Å². The van der Waals surface area contributed by atoms with Gasteiger partial charge in [-0.1, -0.05) is 51.2 Å². The van der Waals surface area contributed by atoms with Crippen LogP contribution in [0.2, 0.25) is 0 Å². The summed E-state index contributed by atoms with van der Waals surface area (Å²) in [5.74, 6) is 2.77. The average Bonchev–Trinajstić information content (AvgIpc) is 3.66. The third-order valence-corrected chi connectivity index (χ3v) is 9.07. The second kappa shape index (κ2) is 14.2. The third kappa shape index (κ3) is 7.32. The number of ketones is 1. The van der Waals surface area contributed by atoms with Crippen molar-refractivity contribution in [2.45, 2.75) is 96.5 Å². The summed E-state index contributed by atoms with van der Waals surface area (Å²) in [6, 6.07) is 12.7. The van der Waals surface area contributed by atoms with E-state index >= 15 is 0 Å². The fourth-order valence-corrected chi connectivity index (χ4v) is 6.63. The number of halogens is 1. The molecule has 5 nitrogen and oxygen atoms in total. The first kappa shape index (κ1) is 30.1. The number of rotatable bonds is 15. The monoisotopic (exact) mass is 572 g/mol. The van der Waals surface area contributed by atoms with Crippen LogP contribution in [0.5, 0.6) is 11.5 Å². The van der Waals surface area contributed by atoms with Crippen LogP contribution < -0.4 is 9.47 Å². The van der Waals surface area contributed by atoms with E-state index in [1.54, 1.807) is 6.20 Å². The molecular formula is C36H45FN2O3. The summed E-state index contributed by atoms with van der Waals surface area (Å²) in [5.41, 5.74) is 2.95. The van der Waals surface area contributed by atoms with Gasteiger partial charge in [0.15, 0.2) is 0 Å². The van der Waals surface area contributed by atoms with E-state index in [9.17, 15) is 9.18 Å². The first-order valence-electron chi connectivity index (χ1n) is 15.9. The minimum Gasteiger partial charge on any atom is -0.494 e. The molecule has 1 saturated carbocycles. The largest absolute Gasteiger partial charge is 0.494 e. The molecule has 42 heavy (non-hydrogen) atoms. The number of benzene rings is 2. The summed E-state index contributed by atoms with van der Waals surface area (Å²) >= 11 is 0. The Hall–Kier alpha value is -3.41. The van der Waals surface area contributed by atoms with Crippen molar-refractivity contribution in [3.8, 4) is 11.5 Å². The van der Waals surface area contributed by atoms with Gasteiger partial charge in [-0.3, -0.25) is 4.79 Å². The molecule has 1 unspecified atom stereocenters. The highest BCUT2D eigenvalue weighted by Crippen LogP contribution is 2.44. The van der Waals surface area contributed by atoms with E-state index in [2.05, 4.69) is 18.0 Å². The van der Waals surface area contributed by atoms with Crippen LogP contribution in [0.25, 0.3) is 11.6 Å². The van der Waals surface area contributed by atoms with E-state index in [4.69, 9.17) is 9.47 Å². The first-order chi connectivity index (χ1) is 20.5. The predicted molar refractivity (Wildman–Crippen MR) is 166 cm³/mol.